The molecule has 0 aliphatic carbocycles. The minimum Gasteiger partial charge on any atom is -0.496 e. The van der Waals surface area contributed by atoms with E-state index in [9.17, 15) is 9.59 Å². The summed E-state index contributed by atoms with van der Waals surface area (Å²) >= 11 is 0. The number of benzene rings is 4. The fraction of sp³-hybridized carbons (Fsp3) is 0.212. The molecule has 0 aromatic heterocycles. The van der Waals surface area contributed by atoms with Crippen LogP contribution in [0.2, 0.25) is 0 Å². The van der Waals surface area contributed by atoms with Crippen molar-refractivity contribution >= 4 is 28.9 Å². The predicted molar refractivity (Wildman–Crippen MR) is 161 cm³/mol. The van der Waals surface area contributed by atoms with Crippen LogP contribution in [0.15, 0.2) is 78.9 Å². The van der Waals surface area contributed by atoms with E-state index in [4.69, 9.17) is 18.9 Å². The molecule has 4 aromatic rings. The second-order valence-corrected chi connectivity index (χ2v) is 10.5. The number of carbonyl (C=O) groups excluding carboxylic acids is 2. The maximum absolute atomic E-state index is 13.8. The number of methoxy groups -OCH3 is 3. The number of hydrogen-bond acceptors (Lipinski definition) is 8. The first kappa shape index (κ1) is 27.0. The molecule has 0 bridgehead atoms. The van der Waals surface area contributed by atoms with Crippen molar-refractivity contribution in [3.8, 4) is 34.1 Å². The molecular formula is C33H31N3O6. The monoisotopic (exact) mass is 565 g/mol. The highest BCUT2D eigenvalue weighted by Gasteiger charge is 2.47. The summed E-state index contributed by atoms with van der Waals surface area (Å²) in [6, 6.07) is 23.8. The molecule has 0 radical (unpaired) electrons. The van der Waals surface area contributed by atoms with Crippen molar-refractivity contribution in [2.24, 2.45) is 0 Å². The van der Waals surface area contributed by atoms with Gasteiger partial charge in [-0.1, -0.05) is 30.3 Å². The van der Waals surface area contributed by atoms with Crippen LogP contribution >= 0.6 is 0 Å². The Balaban J connectivity index is 1.42. The van der Waals surface area contributed by atoms with Gasteiger partial charge in [0.1, 0.15) is 39.8 Å². The Labute approximate surface area is 244 Å². The van der Waals surface area contributed by atoms with Gasteiger partial charge in [0, 0.05) is 17.2 Å². The van der Waals surface area contributed by atoms with Gasteiger partial charge in [0.05, 0.1) is 39.2 Å². The number of esters is 1. The number of rotatable bonds is 7. The van der Waals surface area contributed by atoms with E-state index < -0.39 is 11.5 Å². The number of ether oxygens (including phenoxy) is 4. The second kappa shape index (κ2) is 10.3. The van der Waals surface area contributed by atoms with Crippen molar-refractivity contribution in [1.82, 2.24) is 0 Å². The normalized spacial score (nSPS) is 14.6. The second-order valence-electron chi connectivity index (χ2n) is 10.5. The summed E-state index contributed by atoms with van der Waals surface area (Å²) in [7, 11) is 4.70. The molecule has 0 unspecified atom stereocenters. The van der Waals surface area contributed by atoms with Gasteiger partial charge in [-0.3, -0.25) is 9.80 Å². The summed E-state index contributed by atoms with van der Waals surface area (Å²) in [5, 5.41) is 7.12. The molecule has 0 saturated carbocycles. The Morgan fingerprint density at radius 1 is 0.810 bits per heavy atom. The minimum absolute atomic E-state index is 0.0811. The van der Waals surface area contributed by atoms with Gasteiger partial charge >= 0.3 is 5.97 Å². The third-order valence-electron chi connectivity index (χ3n) is 7.58. The van der Waals surface area contributed by atoms with Crippen molar-refractivity contribution in [2.75, 3.05) is 36.7 Å². The Morgan fingerprint density at radius 2 is 1.48 bits per heavy atom. The smallest absolute Gasteiger partial charge is 0.347 e. The summed E-state index contributed by atoms with van der Waals surface area (Å²) in [5.74, 6) is 1.33. The van der Waals surface area contributed by atoms with Crippen LogP contribution < -0.4 is 34.3 Å². The molecule has 214 valence electrons. The molecule has 9 heteroatoms. The number of nitrogens with one attached hydrogen (secondary N) is 1. The molecule has 0 saturated heterocycles. The first-order chi connectivity index (χ1) is 20.3. The molecule has 0 atom stereocenters. The van der Waals surface area contributed by atoms with Gasteiger partial charge in [-0.15, -0.1) is 0 Å². The Hall–Kier alpha value is -5.18. The number of anilines is 3. The number of amides is 1. The molecule has 9 nitrogen and oxygen atoms in total. The van der Waals surface area contributed by atoms with Crippen LogP contribution in [-0.4, -0.2) is 38.7 Å². The standard InChI is InChI=1S/C33H31N3O6/c1-33(2)32(38)36-30-24(19-35(36)26-11-7-9-13-28(26)40-4)21(16-17-25(30)34-33)22-15-14-20(18-29(22)41-5)42-31(37)23-10-6-8-12-27(23)39-3/h6-18,34H,19H2,1-5H3. The topological polar surface area (TPSA) is 89.6 Å². The Bertz CT molecular complexity index is 1720. The molecule has 42 heavy (non-hydrogen) atoms. The zero-order valence-corrected chi connectivity index (χ0v) is 24.1. The molecule has 1 N–H and O–H groups in total. The molecule has 6 rings (SSSR count). The molecular weight excluding hydrogens is 534 g/mol. The van der Waals surface area contributed by atoms with E-state index in [-0.39, 0.29) is 5.91 Å². The molecule has 0 fully saturated rings. The van der Waals surface area contributed by atoms with Gasteiger partial charge < -0.3 is 24.3 Å². The van der Waals surface area contributed by atoms with E-state index in [1.165, 1.54) is 7.11 Å². The molecule has 2 heterocycles. The zero-order valence-electron chi connectivity index (χ0n) is 24.1. The van der Waals surface area contributed by atoms with Crippen LogP contribution in [-0.2, 0) is 11.3 Å². The molecule has 2 aliphatic heterocycles. The van der Waals surface area contributed by atoms with Crippen molar-refractivity contribution in [2.45, 2.75) is 25.9 Å². The summed E-state index contributed by atoms with van der Waals surface area (Å²) in [6.07, 6.45) is 0. The number of nitrogens with zero attached hydrogens (tertiary/aromatic N) is 2. The van der Waals surface area contributed by atoms with Gasteiger partial charge in [0.15, 0.2) is 0 Å². The van der Waals surface area contributed by atoms with E-state index >= 15 is 0 Å². The van der Waals surface area contributed by atoms with E-state index in [0.717, 1.165) is 33.8 Å². The van der Waals surface area contributed by atoms with Crippen molar-refractivity contribution in [1.29, 1.82) is 0 Å². The van der Waals surface area contributed by atoms with Crippen LogP contribution in [0, 0.1) is 0 Å². The SMILES string of the molecule is COc1ccccc1C(=O)Oc1ccc(-c2ccc3c4c2CN(c2ccccc2OC)N4C(=O)C(C)(C)N3)c(OC)c1. The number of hydrogen-bond donors (Lipinski definition) is 1. The summed E-state index contributed by atoms with van der Waals surface area (Å²) in [5.41, 5.74) is 4.57. The van der Waals surface area contributed by atoms with Crippen molar-refractivity contribution < 1.29 is 28.5 Å². The Morgan fingerprint density at radius 3 is 2.21 bits per heavy atom. The average molecular weight is 566 g/mol. The van der Waals surface area contributed by atoms with Gasteiger partial charge in [0.2, 0.25) is 0 Å². The molecule has 0 spiro atoms. The van der Waals surface area contributed by atoms with Gasteiger partial charge in [-0.2, -0.15) is 0 Å². The van der Waals surface area contributed by atoms with Crippen molar-refractivity contribution in [3.05, 3.63) is 90.0 Å². The largest absolute Gasteiger partial charge is 0.496 e. The molecule has 4 aromatic carbocycles. The summed E-state index contributed by atoms with van der Waals surface area (Å²) in [6.45, 7) is 4.17. The van der Waals surface area contributed by atoms with Crippen LogP contribution in [0.3, 0.4) is 0 Å². The highest BCUT2D eigenvalue weighted by Crippen LogP contribution is 2.51. The van der Waals surface area contributed by atoms with Gasteiger partial charge in [-0.05, 0) is 61.9 Å². The average Bonchev–Trinajstić information content (AvgIpc) is 3.41. The van der Waals surface area contributed by atoms with Gasteiger partial charge in [-0.25, -0.2) is 9.80 Å². The lowest BCUT2D eigenvalue weighted by Gasteiger charge is -2.41. The zero-order chi connectivity index (χ0) is 29.6. The highest BCUT2D eigenvalue weighted by atomic mass is 16.5. The van der Waals surface area contributed by atoms with E-state index in [2.05, 4.69) is 5.32 Å². The maximum Gasteiger partial charge on any atom is 0.347 e. The first-order valence-corrected chi connectivity index (χ1v) is 13.5. The quantitative estimate of drug-likeness (QED) is 0.213. The molecule has 2 aliphatic rings. The molecule has 1 amide bonds. The lowest BCUT2D eigenvalue weighted by molar-refractivity contribution is -0.122. The fourth-order valence-corrected chi connectivity index (χ4v) is 5.57. The van der Waals surface area contributed by atoms with E-state index in [1.807, 2.05) is 61.3 Å². The van der Waals surface area contributed by atoms with Crippen molar-refractivity contribution in [3.63, 3.8) is 0 Å². The lowest BCUT2D eigenvalue weighted by atomic mass is 9.93. The summed E-state index contributed by atoms with van der Waals surface area (Å²) in [4.78, 5) is 26.8. The Kier molecular flexibility index (Phi) is 6.65. The van der Waals surface area contributed by atoms with E-state index in [1.54, 1.807) is 55.6 Å². The maximum atomic E-state index is 13.8. The van der Waals surface area contributed by atoms with Crippen LogP contribution in [0.1, 0.15) is 29.8 Å². The van der Waals surface area contributed by atoms with Crippen LogP contribution in [0.4, 0.5) is 17.1 Å². The van der Waals surface area contributed by atoms with Crippen LogP contribution in [0.25, 0.3) is 11.1 Å². The van der Waals surface area contributed by atoms with Crippen LogP contribution in [0.5, 0.6) is 23.0 Å². The predicted octanol–water partition coefficient (Wildman–Crippen LogP) is 6.07. The first-order valence-electron chi connectivity index (χ1n) is 13.5. The number of hydrazine groups is 1. The van der Waals surface area contributed by atoms with Gasteiger partial charge in [0.25, 0.3) is 5.91 Å². The third-order valence-corrected chi connectivity index (χ3v) is 7.58. The fourth-order valence-electron chi connectivity index (χ4n) is 5.57. The lowest BCUT2D eigenvalue weighted by Crippen LogP contribution is -2.57. The number of carbonyl (C=O) groups is 2. The summed E-state index contributed by atoms with van der Waals surface area (Å²) < 4.78 is 22.4. The minimum atomic E-state index is -0.818. The van der Waals surface area contributed by atoms with E-state index in [0.29, 0.717) is 35.1 Å². The highest BCUT2D eigenvalue weighted by molar-refractivity contribution is 6.12. The number of para-hydroxylation sites is 3. The third kappa shape index (κ3) is 4.34.